The molecule has 0 saturated heterocycles. The average Bonchev–Trinajstić information content (AvgIpc) is 2.72. The predicted molar refractivity (Wildman–Crippen MR) is 134 cm³/mol. The van der Waals surface area contributed by atoms with Crippen molar-refractivity contribution >= 4 is 28.7 Å². The van der Waals surface area contributed by atoms with Gasteiger partial charge >= 0.3 is 6.09 Å². The van der Waals surface area contributed by atoms with Gasteiger partial charge < -0.3 is 20.3 Å². The van der Waals surface area contributed by atoms with E-state index in [1.165, 1.54) is 0 Å². The zero-order valence-electron chi connectivity index (χ0n) is 20.3. The third-order valence-electron chi connectivity index (χ3n) is 4.23. The van der Waals surface area contributed by atoms with Gasteiger partial charge in [-0.05, 0) is 39.8 Å². The molecular formula is C23H35N5O5S. The van der Waals surface area contributed by atoms with Gasteiger partial charge in [0, 0.05) is 30.1 Å². The van der Waals surface area contributed by atoms with E-state index in [1.807, 2.05) is 26.0 Å². The molecule has 34 heavy (non-hydrogen) atoms. The van der Waals surface area contributed by atoms with Crippen LogP contribution in [0, 0.1) is 17.7 Å². The molecule has 2 aromatic rings. The minimum atomic E-state index is -1.08. The highest BCUT2D eigenvalue weighted by molar-refractivity contribution is 7.85. The molecule has 1 unspecified atom stereocenters. The number of hydrogen-bond donors (Lipinski definition) is 3. The second-order valence-corrected chi connectivity index (χ2v) is 10.6. The topological polar surface area (TPSA) is 170 Å². The molecule has 1 amide bonds. The third-order valence-corrected chi connectivity index (χ3v) is 5.82. The molecule has 1 aromatic carbocycles. The van der Waals surface area contributed by atoms with E-state index in [0.29, 0.717) is 11.4 Å². The number of carbonyl (C=O) groups is 1. The Kier molecular flexibility index (Phi) is 10.5. The second-order valence-electron chi connectivity index (χ2n) is 8.59. The van der Waals surface area contributed by atoms with Gasteiger partial charge in [-0.2, -0.15) is 0 Å². The Balaban J connectivity index is 0.00000578. The summed E-state index contributed by atoms with van der Waals surface area (Å²) in [5.74, 6) is -0.496. The number of alkyl carbamates (subject to hydrolysis) is 1. The summed E-state index contributed by atoms with van der Waals surface area (Å²) in [6.07, 6.45) is 1.10. The minimum absolute atomic E-state index is 0. The molecule has 1 heterocycles. The zero-order chi connectivity index (χ0) is 24.8. The largest absolute Gasteiger partial charge is 0.444 e. The van der Waals surface area contributed by atoms with Crippen molar-refractivity contribution in [1.29, 1.82) is 10.8 Å². The summed E-state index contributed by atoms with van der Waals surface area (Å²) in [4.78, 5) is 21.2. The molecule has 0 saturated carbocycles. The van der Waals surface area contributed by atoms with Crippen LogP contribution in [0.2, 0.25) is 0 Å². The standard InChI is InChI=1S/C23H31N5O4S.H2O.H2/c1-14(2)33(30)17-9-7-16(8-10-17)18-13-27-15(3)20(28-18)21(25)31-19(24)11-12-26-22(29)32-23(4,5)6;;/h7-10,13-14,24-25H,11-12H2,1-6H3,(H,26,29);1H2;1H. The van der Waals surface area contributed by atoms with E-state index in [0.717, 1.165) is 10.5 Å². The van der Waals surface area contributed by atoms with Crippen molar-refractivity contribution in [2.45, 2.75) is 63.7 Å². The van der Waals surface area contributed by atoms with Crippen LogP contribution in [-0.2, 0) is 20.3 Å². The minimum Gasteiger partial charge on any atom is -0.444 e. The quantitative estimate of drug-likeness (QED) is 0.393. The Morgan fingerprint density at radius 1 is 1.21 bits per heavy atom. The molecule has 1 aromatic heterocycles. The molecule has 10 nitrogen and oxygen atoms in total. The number of nitrogens with zero attached hydrogens (tertiary/aromatic N) is 2. The first-order valence-electron chi connectivity index (χ1n) is 10.5. The molecule has 0 spiro atoms. The van der Waals surface area contributed by atoms with Crippen LogP contribution in [0.3, 0.4) is 0 Å². The number of carbonyl (C=O) groups excluding carboxylic acids is 1. The molecule has 11 heteroatoms. The van der Waals surface area contributed by atoms with E-state index in [4.69, 9.17) is 20.3 Å². The maximum absolute atomic E-state index is 12.2. The highest BCUT2D eigenvalue weighted by Gasteiger charge is 2.17. The van der Waals surface area contributed by atoms with E-state index < -0.39 is 22.5 Å². The fourth-order valence-electron chi connectivity index (χ4n) is 2.65. The lowest BCUT2D eigenvalue weighted by molar-refractivity contribution is 0.0529. The molecule has 0 aliphatic heterocycles. The van der Waals surface area contributed by atoms with Gasteiger partial charge in [-0.15, -0.1) is 0 Å². The summed E-state index contributed by atoms with van der Waals surface area (Å²) in [5, 5.41) is 18.7. The number of benzene rings is 1. The van der Waals surface area contributed by atoms with Crippen LogP contribution in [0.15, 0.2) is 35.4 Å². The van der Waals surface area contributed by atoms with Crippen molar-refractivity contribution in [3.05, 3.63) is 41.9 Å². The lowest BCUT2D eigenvalue weighted by atomic mass is 10.1. The molecule has 2 rings (SSSR count). The van der Waals surface area contributed by atoms with Gasteiger partial charge in [0.15, 0.2) is 5.90 Å². The maximum Gasteiger partial charge on any atom is 0.407 e. The molecule has 1 atom stereocenters. The summed E-state index contributed by atoms with van der Waals surface area (Å²) < 4.78 is 22.7. The number of hydrogen-bond acceptors (Lipinski definition) is 8. The fourth-order valence-corrected chi connectivity index (χ4v) is 3.60. The molecular weight excluding hydrogens is 458 g/mol. The first kappa shape index (κ1) is 28.9. The third kappa shape index (κ3) is 8.64. The summed E-state index contributed by atoms with van der Waals surface area (Å²) in [6, 6.07) is 7.21. The molecule has 5 N–H and O–H groups in total. The average molecular weight is 494 g/mol. The maximum atomic E-state index is 12.2. The number of aryl methyl sites for hydroxylation is 1. The fraction of sp³-hybridized carbons (Fsp3) is 0.435. The number of aromatic nitrogens is 2. The second kappa shape index (κ2) is 12.3. The molecule has 188 valence electrons. The Labute approximate surface area is 203 Å². The van der Waals surface area contributed by atoms with Crippen LogP contribution in [-0.4, -0.2) is 54.9 Å². The van der Waals surface area contributed by atoms with E-state index >= 15 is 0 Å². The summed E-state index contributed by atoms with van der Waals surface area (Å²) in [6.45, 7) is 10.9. The Morgan fingerprint density at radius 3 is 2.38 bits per heavy atom. The summed E-state index contributed by atoms with van der Waals surface area (Å²) >= 11 is 0. The lowest BCUT2D eigenvalue weighted by Gasteiger charge is -2.19. The summed E-state index contributed by atoms with van der Waals surface area (Å²) in [5.41, 5.74) is 1.39. The zero-order valence-corrected chi connectivity index (χ0v) is 21.1. The number of amides is 1. The van der Waals surface area contributed by atoms with Crippen molar-refractivity contribution in [3.63, 3.8) is 0 Å². The first-order chi connectivity index (χ1) is 15.4. The van der Waals surface area contributed by atoms with Crippen LogP contribution in [0.25, 0.3) is 11.3 Å². The van der Waals surface area contributed by atoms with Crippen molar-refractivity contribution in [3.8, 4) is 11.3 Å². The van der Waals surface area contributed by atoms with Gasteiger partial charge in [0.05, 0.1) is 28.4 Å². The van der Waals surface area contributed by atoms with Crippen molar-refractivity contribution in [1.82, 2.24) is 15.3 Å². The smallest absolute Gasteiger partial charge is 0.407 e. The first-order valence-corrected chi connectivity index (χ1v) is 11.7. The Morgan fingerprint density at radius 2 is 1.82 bits per heavy atom. The molecule has 0 aliphatic rings. The molecule has 0 fully saturated rings. The molecule has 0 radical (unpaired) electrons. The highest BCUT2D eigenvalue weighted by atomic mass is 32.2. The van der Waals surface area contributed by atoms with Gasteiger partial charge in [0.1, 0.15) is 11.3 Å². The normalized spacial score (nSPS) is 11.9. The van der Waals surface area contributed by atoms with Gasteiger partial charge in [0.2, 0.25) is 5.90 Å². The summed E-state index contributed by atoms with van der Waals surface area (Å²) in [7, 11) is -1.08. The van der Waals surface area contributed by atoms with Crippen LogP contribution in [0.5, 0.6) is 0 Å². The van der Waals surface area contributed by atoms with E-state index in [-0.39, 0.29) is 42.6 Å². The van der Waals surface area contributed by atoms with Gasteiger partial charge in [-0.25, -0.2) is 9.78 Å². The Bertz CT molecular complexity index is 1060. The van der Waals surface area contributed by atoms with Crippen molar-refractivity contribution in [2.75, 3.05) is 6.54 Å². The number of ether oxygens (including phenoxy) is 2. The lowest BCUT2D eigenvalue weighted by Crippen LogP contribution is -2.33. The van der Waals surface area contributed by atoms with E-state index in [9.17, 15) is 9.00 Å². The van der Waals surface area contributed by atoms with E-state index in [1.54, 1.807) is 46.0 Å². The van der Waals surface area contributed by atoms with Crippen molar-refractivity contribution < 1.29 is 25.4 Å². The monoisotopic (exact) mass is 493 g/mol. The van der Waals surface area contributed by atoms with Crippen LogP contribution >= 0.6 is 0 Å². The van der Waals surface area contributed by atoms with E-state index in [2.05, 4.69) is 15.3 Å². The van der Waals surface area contributed by atoms with Crippen LogP contribution in [0.1, 0.15) is 53.9 Å². The van der Waals surface area contributed by atoms with Crippen LogP contribution in [0.4, 0.5) is 4.79 Å². The Hall–Kier alpha value is -3.18. The SMILES string of the molecule is Cc1ncc(-c2ccc(S(=O)C(C)C)cc2)nc1C(=N)OC(=N)CCNC(=O)OC(C)(C)C.O.[HH]. The number of nitrogens with one attached hydrogen (secondary N) is 3. The van der Waals surface area contributed by atoms with Gasteiger partial charge in [0.25, 0.3) is 0 Å². The van der Waals surface area contributed by atoms with Gasteiger partial charge in [-0.1, -0.05) is 26.0 Å². The van der Waals surface area contributed by atoms with Gasteiger partial charge in [-0.3, -0.25) is 20.0 Å². The predicted octanol–water partition coefficient (Wildman–Crippen LogP) is 3.62. The highest BCUT2D eigenvalue weighted by Crippen LogP contribution is 2.21. The van der Waals surface area contributed by atoms with Crippen molar-refractivity contribution in [2.24, 2.45) is 0 Å². The number of rotatable bonds is 7. The van der Waals surface area contributed by atoms with Crippen LogP contribution < -0.4 is 5.32 Å². The molecule has 0 aliphatic carbocycles. The molecule has 0 bridgehead atoms.